The molecule has 2 aliphatic rings. The van der Waals surface area contributed by atoms with Crippen LogP contribution in [0.3, 0.4) is 0 Å². The summed E-state index contributed by atoms with van der Waals surface area (Å²) in [4.78, 5) is 13.5. The van der Waals surface area contributed by atoms with Gasteiger partial charge >= 0.3 is 0 Å². The standard InChI is InChI=1S/C9H15NO2/c11-6-7-2-1-3-8-9(12)4-5-10(7)8/h7-8,11H,1-6H2. The van der Waals surface area contributed by atoms with E-state index in [-0.39, 0.29) is 18.7 Å². The van der Waals surface area contributed by atoms with Crippen LogP contribution in [-0.4, -0.2) is 41.0 Å². The highest BCUT2D eigenvalue weighted by molar-refractivity contribution is 5.86. The van der Waals surface area contributed by atoms with Crippen LogP contribution in [0.1, 0.15) is 25.7 Å². The minimum Gasteiger partial charge on any atom is -0.395 e. The Hall–Kier alpha value is -0.410. The van der Waals surface area contributed by atoms with Crippen molar-refractivity contribution in [1.82, 2.24) is 4.90 Å². The predicted molar refractivity (Wildman–Crippen MR) is 44.8 cm³/mol. The van der Waals surface area contributed by atoms with Crippen LogP contribution in [0.5, 0.6) is 0 Å². The van der Waals surface area contributed by atoms with Crippen molar-refractivity contribution in [3.63, 3.8) is 0 Å². The van der Waals surface area contributed by atoms with E-state index in [2.05, 4.69) is 4.90 Å². The Morgan fingerprint density at radius 1 is 1.50 bits per heavy atom. The lowest BCUT2D eigenvalue weighted by molar-refractivity contribution is -0.121. The highest BCUT2D eigenvalue weighted by atomic mass is 16.3. The number of nitrogens with zero attached hydrogens (tertiary/aromatic N) is 1. The third kappa shape index (κ3) is 1.17. The summed E-state index contributed by atoms with van der Waals surface area (Å²) in [5.41, 5.74) is 0. The van der Waals surface area contributed by atoms with Gasteiger partial charge in [-0.2, -0.15) is 0 Å². The van der Waals surface area contributed by atoms with Gasteiger partial charge in [0.05, 0.1) is 12.6 Å². The highest BCUT2D eigenvalue weighted by Gasteiger charge is 2.38. The van der Waals surface area contributed by atoms with E-state index in [1.807, 2.05) is 0 Å². The zero-order valence-electron chi connectivity index (χ0n) is 7.20. The lowest BCUT2D eigenvalue weighted by Gasteiger charge is -2.35. The zero-order valence-corrected chi connectivity index (χ0v) is 7.20. The lowest BCUT2D eigenvalue weighted by Crippen LogP contribution is -2.46. The molecule has 0 bridgehead atoms. The molecule has 12 heavy (non-hydrogen) atoms. The molecule has 3 nitrogen and oxygen atoms in total. The van der Waals surface area contributed by atoms with E-state index in [1.54, 1.807) is 0 Å². The number of piperidine rings is 1. The maximum absolute atomic E-state index is 11.3. The Kier molecular flexibility index (Phi) is 2.15. The molecule has 2 fully saturated rings. The van der Waals surface area contributed by atoms with Gasteiger partial charge < -0.3 is 5.11 Å². The summed E-state index contributed by atoms with van der Waals surface area (Å²) in [5, 5.41) is 9.07. The number of aliphatic hydroxyl groups is 1. The smallest absolute Gasteiger partial charge is 0.151 e. The van der Waals surface area contributed by atoms with Crippen molar-refractivity contribution in [2.24, 2.45) is 0 Å². The molecule has 0 amide bonds. The molecule has 3 heteroatoms. The van der Waals surface area contributed by atoms with E-state index in [1.165, 1.54) is 0 Å². The van der Waals surface area contributed by atoms with Gasteiger partial charge in [0.1, 0.15) is 0 Å². The van der Waals surface area contributed by atoms with Crippen molar-refractivity contribution >= 4 is 5.78 Å². The Morgan fingerprint density at radius 2 is 2.33 bits per heavy atom. The molecule has 0 aromatic carbocycles. The first-order chi connectivity index (χ1) is 5.83. The summed E-state index contributed by atoms with van der Waals surface area (Å²) in [6.07, 6.45) is 3.86. The van der Waals surface area contributed by atoms with Gasteiger partial charge in [0, 0.05) is 19.0 Å². The number of rotatable bonds is 1. The van der Waals surface area contributed by atoms with Crippen molar-refractivity contribution in [2.45, 2.75) is 37.8 Å². The average molecular weight is 169 g/mol. The van der Waals surface area contributed by atoms with Crippen LogP contribution in [0.2, 0.25) is 0 Å². The molecule has 0 aromatic rings. The Morgan fingerprint density at radius 3 is 3.08 bits per heavy atom. The molecule has 2 unspecified atom stereocenters. The number of ketones is 1. The average Bonchev–Trinajstić information content (AvgIpc) is 2.48. The number of carbonyl (C=O) groups is 1. The monoisotopic (exact) mass is 169 g/mol. The summed E-state index contributed by atoms with van der Waals surface area (Å²) in [7, 11) is 0. The molecule has 1 N–H and O–H groups in total. The molecule has 0 spiro atoms. The molecule has 2 rings (SSSR count). The predicted octanol–water partition coefficient (Wildman–Crippen LogP) is 0.175. The van der Waals surface area contributed by atoms with Crippen LogP contribution in [0.25, 0.3) is 0 Å². The summed E-state index contributed by atoms with van der Waals surface area (Å²) in [6, 6.07) is 0.408. The third-order valence-corrected chi connectivity index (χ3v) is 3.08. The summed E-state index contributed by atoms with van der Waals surface area (Å²) >= 11 is 0. The molecule has 0 aromatic heterocycles. The molecule has 0 aliphatic carbocycles. The summed E-state index contributed by atoms with van der Waals surface area (Å²) in [6.45, 7) is 1.08. The van der Waals surface area contributed by atoms with E-state index in [4.69, 9.17) is 5.11 Å². The molecular weight excluding hydrogens is 154 g/mol. The van der Waals surface area contributed by atoms with Gasteiger partial charge in [-0.15, -0.1) is 0 Å². The van der Waals surface area contributed by atoms with Gasteiger partial charge in [0.25, 0.3) is 0 Å². The number of Topliss-reactive ketones (excluding diaryl/α,β-unsaturated/α-hetero) is 1. The van der Waals surface area contributed by atoms with Crippen LogP contribution >= 0.6 is 0 Å². The van der Waals surface area contributed by atoms with Crippen molar-refractivity contribution in [2.75, 3.05) is 13.2 Å². The molecule has 0 saturated carbocycles. The molecule has 2 atom stereocenters. The fourth-order valence-electron chi connectivity index (χ4n) is 2.42. The number of fused-ring (bicyclic) bond motifs is 1. The van der Waals surface area contributed by atoms with E-state index in [0.29, 0.717) is 12.2 Å². The number of hydrogen-bond donors (Lipinski definition) is 1. The van der Waals surface area contributed by atoms with E-state index < -0.39 is 0 Å². The van der Waals surface area contributed by atoms with Crippen molar-refractivity contribution in [3.8, 4) is 0 Å². The minimum atomic E-state index is 0.149. The number of hydrogen-bond acceptors (Lipinski definition) is 3. The SMILES string of the molecule is O=C1CCN2C(CO)CCCC12. The number of aliphatic hydroxyl groups excluding tert-OH is 1. The summed E-state index contributed by atoms with van der Waals surface area (Å²) < 4.78 is 0. The van der Waals surface area contributed by atoms with Crippen LogP contribution in [0, 0.1) is 0 Å². The van der Waals surface area contributed by atoms with Gasteiger partial charge in [-0.25, -0.2) is 0 Å². The minimum absolute atomic E-state index is 0.149. The van der Waals surface area contributed by atoms with Crippen molar-refractivity contribution in [3.05, 3.63) is 0 Å². The van der Waals surface area contributed by atoms with Gasteiger partial charge in [0.15, 0.2) is 5.78 Å². The van der Waals surface area contributed by atoms with Gasteiger partial charge in [-0.3, -0.25) is 9.69 Å². The second-order valence-electron chi connectivity index (χ2n) is 3.74. The molecular formula is C9H15NO2. The van der Waals surface area contributed by atoms with Gasteiger partial charge in [-0.1, -0.05) is 0 Å². The lowest BCUT2D eigenvalue weighted by atomic mass is 9.96. The first-order valence-corrected chi connectivity index (χ1v) is 4.72. The molecule has 2 saturated heterocycles. The Bertz CT molecular complexity index is 193. The second-order valence-corrected chi connectivity index (χ2v) is 3.74. The maximum Gasteiger partial charge on any atom is 0.151 e. The summed E-state index contributed by atoms with van der Waals surface area (Å²) in [5.74, 6) is 0.383. The van der Waals surface area contributed by atoms with E-state index in [9.17, 15) is 4.79 Å². The fourth-order valence-corrected chi connectivity index (χ4v) is 2.42. The Labute approximate surface area is 72.4 Å². The van der Waals surface area contributed by atoms with Crippen LogP contribution in [0.15, 0.2) is 0 Å². The van der Waals surface area contributed by atoms with E-state index >= 15 is 0 Å². The van der Waals surface area contributed by atoms with E-state index in [0.717, 1.165) is 25.8 Å². The molecule has 68 valence electrons. The molecule has 0 radical (unpaired) electrons. The van der Waals surface area contributed by atoms with Crippen LogP contribution in [0.4, 0.5) is 0 Å². The second kappa shape index (κ2) is 3.15. The first kappa shape index (κ1) is 8.20. The molecule has 2 heterocycles. The fraction of sp³-hybridized carbons (Fsp3) is 0.889. The normalized spacial score (nSPS) is 36.9. The van der Waals surface area contributed by atoms with Crippen LogP contribution in [-0.2, 0) is 4.79 Å². The quantitative estimate of drug-likeness (QED) is 0.608. The zero-order chi connectivity index (χ0) is 8.55. The van der Waals surface area contributed by atoms with Crippen LogP contribution < -0.4 is 0 Å². The Balaban J connectivity index is 2.09. The third-order valence-electron chi connectivity index (χ3n) is 3.08. The van der Waals surface area contributed by atoms with Crippen molar-refractivity contribution < 1.29 is 9.90 Å². The van der Waals surface area contributed by atoms with Gasteiger partial charge in [0.2, 0.25) is 0 Å². The maximum atomic E-state index is 11.3. The first-order valence-electron chi connectivity index (χ1n) is 4.72. The number of carbonyl (C=O) groups excluding carboxylic acids is 1. The highest BCUT2D eigenvalue weighted by Crippen LogP contribution is 2.28. The molecule has 2 aliphatic heterocycles. The van der Waals surface area contributed by atoms with Gasteiger partial charge in [-0.05, 0) is 19.3 Å². The van der Waals surface area contributed by atoms with Crippen molar-refractivity contribution in [1.29, 1.82) is 0 Å². The topological polar surface area (TPSA) is 40.5 Å². The largest absolute Gasteiger partial charge is 0.395 e.